The summed E-state index contributed by atoms with van der Waals surface area (Å²) in [6.07, 6.45) is 4.33. The number of esters is 1. The SMILES string of the molecule is CCOC(=O)c1cnc2c(C(=O)Nc3cccc4c(=O)n(C5CCC(=O)NC5=O)c(C)nc34)cnn2c1. The summed E-state index contributed by atoms with van der Waals surface area (Å²) in [5.74, 6) is -1.78. The van der Waals surface area contributed by atoms with Gasteiger partial charge in [-0.15, -0.1) is 0 Å². The van der Waals surface area contributed by atoms with E-state index in [1.54, 1.807) is 32.0 Å². The van der Waals surface area contributed by atoms with E-state index >= 15 is 0 Å². The number of fused-ring (bicyclic) bond motifs is 2. The highest BCUT2D eigenvalue weighted by atomic mass is 16.5. The molecule has 4 heterocycles. The molecule has 0 spiro atoms. The number of nitrogens with zero attached hydrogens (tertiary/aromatic N) is 5. The smallest absolute Gasteiger partial charge is 0.341 e. The molecule has 3 aromatic heterocycles. The molecular formula is C24H21N7O6. The molecule has 1 aromatic carbocycles. The van der Waals surface area contributed by atoms with Crippen LogP contribution in [0.2, 0.25) is 0 Å². The van der Waals surface area contributed by atoms with E-state index in [4.69, 9.17) is 4.74 Å². The number of anilines is 1. The van der Waals surface area contributed by atoms with Crippen molar-refractivity contribution in [1.29, 1.82) is 0 Å². The van der Waals surface area contributed by atoms with E-state index in [0.717, 1.165) is 0 Å². The predicted molar refractivity (Wildman–Crippen MR) is 129 cm³/mol. The molecule has 0 bridgehead atoms. The van der Waals surface area contributed by atoms with Gasteiger partial charge in [-0.2, -0.15) is 5.10 Å². The zero-order valence-corrected chi connectivity index (χ0v) is 19.8. The summed E-state index contributed by atoms with van der Waals surface area (Å²) < 4.78 is 7.52. The fraction of sp³-hybridized carbons (Fsp3) is 0.250. The Morgan fingerprint density at radius 2 is 2.03 bits per heavy atom. The Morgan fingerprint density at radius 1 is 1.22 bits per heavy atom. The number of hydrogen-bond donors (Lipinski definition) is 2. The Bertz CT molecular complexity index is 1670. The summed E-state index contributed by atoms with van der Waals surface area (Å²) in [5, 5.41) is 9.30. The molecule has 188 valence electrons. The zero-order chi connectivity index (χ0) is 26.3. The lowest BCUT2D eigenvalue weighted by atomic mass is 10.1. The fourth-order valence-electron chi connectivity index (χ4n) is 4.27. The van der Waals surface area contributed by atoms with Crippen LogP contribution < -0.4 is 16.2 Å². The monoisotopic (exact) mass is 503 g/mol. The van der Waals surface area contributed by atoms with Gasteiger partial charge in [0.15, 0.2) is 5.65 Å². The van der Waals surface area contributed by atoms with Gasteiger partial charge in [0.2, 0.25) is 11.8 Å². The van der Waals surface area contributed by atoms with E-state index in [2.05, 4.69) is 25.7 Å². The lowest BCUT2D eigenvalue weighted by molar-refractivity contribution is -0.135. The van der Waals surface area contributed by atoms with Gasteiger partial charge in [0, 0.05) is 18.8 Å². The van der Waals surface area contributed by atoms with Crippen LogP contribution in [-0.2, 0) is 14.3 Å². The van der Waals surface area contributed by atoms with Crippen molar-refractivity contribution in [3.8, 4) is 0 Å². The first-order valence-electron chi connectivity index (χ1n) is 11.5. The topological polar surface area (TPSA) is 167 Å². The average molecular weight is 503 g/mol. The number of para-hydroxylation sites is 1. The van der Waals surface area contributed by atoms with Crippen LogP contribution >= 0.6 is 0 Å². The quantitative estimate of drug-likeness (QED) is 0.300. The molecule has 1 aliphatic rings. The molecule has 4 aromatic rings. The number of carbonyl (C=O) groups excluding carboxylic acids is 4. The van der Waals surface area contributed by atoms with Crippen LogP contribution in [0.25, 0.3) is 16.6 Å². The molecule has 1 unspecified atom stereocenters. The lowest BCUT2D eigenvalue weighted by Gasteiger charge is -2.24. The minimum Gasteiger partial charge on any atom is -0.462 e. The minimum atomic E-state index is -0.857. The second-order valence-corrected chi connectivity index (χ2v) is 8.35. The Hall–Kier alpha value is -4.94. The number of aryl methyl sites for hydroxylation is 1. The van der Waals surface area contributed by atoms with Gasteiger partial charge >= 0.3 is 5.97 Å². The summed E-state index contributed by atoms with van der Waals surface area (Å²) in [4.78, 5) is 71.0. The van der Waals surface area contributed by atoms with Crippen LogP contribution in [0.3, 0.4) is 0 Å². The van der Waals surface area contributed by atoms with E-state index in [1.165, 1.54) is 27.7 Å². The van der Waals surface area contributed by atoms with Crippen LogP contribution in [0.5, 0.6) is 0 Å². The predicted octanol–water partition coefficient (Wildman–Crippen LogP) is 1.15. The molecular weight excluding hydrogens is 482 g/mol. The highest BCUT2D eigenvalue weighted by Crippen LogP contribution is 2.24. The van der Waals surface area contributed by atoms with E-state index in [9.17, 15) is 24.0 Å². The zero-order valence-electron chi connectivity index (χ0n) is 19.8. The van der Waals surface area contributed by atoms with Crippen molar-refractivity contribution in [2.45, 2.75) is 32.7 Å². The highest BCUT2D eigenvalue weighted by molar-refractivity contribution is 6.11. The number of amides is 3. The van der Waals surface area contributed by atoms with Gasteiger partial charge in [-0.25, -0.2) is 19.3 Å². The van der Waals surface area contributed by atoms with Crippen LogP contribution in [0.15, 0.2) is 41.6 Å². The summed E-state index contributed by atoms with van der Waals surface area (Å²) in [6.45, 7) is 3.48. The second kappa shape index (κ2) is 9.26. The lowest BCUT2D eigenvalue weighted by Crippen LogP contribution is -2.45. The molecule has 13 heteroatoms. The maximum atomic E-state index is 13.3. The first-order valence-corrected chi connectivity index (χ1v) is 11.5. The minimum absolute atomic E-state index is 0.116. The van der Waals surface area contributed by atoms with Crippen LogP contribution in [0, 0.1) is 6.92 Å². The standard InChI is InChI=1S/C24H21N7O6/c1-3-37-24(36)13-9-25-20-15(10-26-30(20)11-13)21(33)28-16-6-4-5-14-19(16)27-12(2)31(23(14)35)17-7-8-18(32)29-22(17)34/h4-6,9-11,17H,3,7-8H2,1-2H3,(H,28,33)(H,29,32,34). The number of imide groups is 1. The number of hydrogen-bond acceptors (Lipinski definition) is 9. The molecule has 1 atom stereocenters. The highest BCUT2D eigenvalue weighted by Gasteiger charge is 2.30. The van der Waals surface area contributed by atoms with Gasteiger partial charge in [0.1, 0.15) is 22.9 Å². The summed E-state index contributed by atoms with van der Waals surface area (Å²) in [5.41, 5.74) is 0.607. The maximum Gasteiger partial charge on any atom is 0.341 e. The number of ether oxygens (including phenoxy) is 1. The summed E-state index contributed by atoms with van der Waals surface area (Å²) in [7, 11) is 0. The van der Waals surface area contributed by atoms with Crippen LogP contribution in [-0.4, -0.2) is 54.4 Å². The third kappa shape index (κ3) is 4.20. The normalized spacial score (nSPS) is 15.6. The third-order valence-corrected chi connectivity index (χ3v) is 5.99. The van der Waals surface area contributed by atoms with Crippen LogP contribution in [0.1, 0.15) is 52.3 Å². The van der Waals surface area contributed by atoms with E-state index in [-0.39, 0.29) is 64.5 Å². The summed E-state index contributed by atoms with van der Waals surface area (Å²) in [6, 6.07) is 3.88. The molecule has 0 aliphatic carbocycles. The maximum absolute atomic E-state index is 13.3. The Balaban J connectivity index is 1.48. The Labute approximate surface area is 208 Å². The van der Waals surface area contributed by atoms with Gasteiger partial charge in [-0.3, -0.25) is 29.1 Å². The van der Waals surface area contributed by atoms with Crippen molar-refractivity contribution in [3.05, 3.63) is 64.1 Å². The molecule has 2 N–H and O–H groups in total. The van der Waals surface area contributed by atoms with E-state index < -0.39 is 29.4 Å². The number of rotatable bonds is 5. The van der Waals surface area contributed by atoms with Crippen molar-refractivity contribution < 1.29 is 23.9 Å². The first kappa shape index (κ1) is 23.8. The molecule has 0 radical (unpaired) electrons. The van der Waals surface area contributed by atoms with Crippen molar-refractivity contribution >= 4 is 45.9 Å². The first-order chi connectivity index (χ1) is 17.8. The molecule has 3 amide bonds. The third-order valence-electron chi connectivity index (χ3n) is 5.99. The Kier molecular flexibility index (Phi) is 5.95. The number of aromatic nitrogens is 5. The molecule has 37 heavy (non-hydrogen) atoms. The van der Waals surface area contributed by atoms with Crippen molar-refractivity contribution in [1.82, 2.24) is 29.5 Å². The van der Waals surface area contributed by atoms with Gasteiger partial charge in [0.25, 0.3) is 11.5 Å². The van der Waals surface area contributed by atoms with E-state index in [1.807, 2.05) is 0 Å². The summed E-state index contributed by atoms with van der Waals surface area (Å²) >= 11 is 0. The molecule has 0 saturated carbocycles. The van der Waals surface area contributed by atoms with Gasteiger partial charge in [-0.05, 0) is 32.4 Å². The van der Waals surface area contributed by atoms with Gasteiger partial charge in [-0.1, -0.05) is 6.07 Å². The number of nitrogens with one attached hydrogen (secondary N) is 2. The molecule has 5 rings (SSSR count). The molecule has 13 nitrogen and oxygen atoms in total. The average Bonchev–Trinajstić information content (AvgIpc) is 3.29. The van der Waals surface area contributed by atoms with E-state index in [0.29, 0.717) is 0 Å². The van der Waals surface area contributed by atoms with Crippen molar-refractivity contribution in [2.24, 2.45) is 0 Å². The van der Waals surface area contributed by atoms with Crippen molar-refractivity contribution in [2.75, 3.05) is 11.9 Å². The number of carbonyl (C=O) groups is 4. The Morgan fingerprint density at radius 3 is 2.78 bits per heavy atom. The number of piperidine rings is 1. The second-order valence-electron chi connectivity index (χ2n) is 8.35. The van der Waals surface area contributed by atoms with Gasteiger partial charge in [0.05, 0.1) is 29.4 Å². The van der Waals surface area contributed by atoms with Crippen LogP contribution in [0.4, 0.5) is 5.69 Å². The fourth-order valence-corrected chi connectivity index (χ4v) is 4.27. The number of benzene rings is 1. The van der Waals surface area contributed by atoms with Crippen molar-refractivity contribution in [3.63, 3.8) is 0 Å². The largest absolute Gasteiger partial charge is 0.462 e. The molecule has 1 aliphatic heterocycles. The molecule has 1 fully saturated rings. The van der Waals surface area contributed by atoms with Gasteiger partial charge < -0.3 is 10.1 Å². The molecule has 1 saturated heterocycles.